The number of benzene rings is 1. The zero-order chi connectivity index (χ0) is 23.4. The van der Waals surface area contributed by atoms with E-state index in [-0.39, 0.29) is 29.8 Å². The van der Waals surface area contributed by atoms with Gasteiger partial charge in [-0.1, -0.05) is 45.0 Å². The number of aromatic amines is 1. The first-order valence-corrected chi connectivity index (χ1v) is 10.1. The molecule has 0 aliphatic heterocycles. The molecule has 2 heterocycles. The molecule has 0 fully saturated rings. The van der Waals surface area contributed by atoms with E-state index in [2.05, 4.69) is 41.2 Å². The molecule has 0 saturated carbocycles. The summed E-state index contributed by atoms with van der Waals surface area (Å²) in [5.74, 6) is -0.497. The second-order valence-corrected chi connectivity index (χ2v) is 8.64. The molecular weight excluding hydrogens is 421 g/mol. The molecule has 0 bridgehead atoms. The van der Waals surface area contributed by atoms with Crippen LogP contribution in [0.2, 0.25) is 0 Å². The lowest BCUT2D eigenvalue weighted by Crippen LogP contribution is -2.19. The van der Waals surface area contributed by atoms with Gasteiger partial charge in [-0.25, -0.2) is 0 Å². The average molecular weight is 446 g/mol. The van der Waals surface area contributed by atoms with Gasteiger partial charge in [0.2, 0.25) is 0 Å². The third kappa shape index (κ3) is 6.63. The van der Waals surface area contributed by atoms with Gasteiger partial charge in [-0.3, -0.25) is 9.78 Å². The van der Waals surface area contributed by atoms with Crippen LogP contribution >= 0.6 is 0 Å². The number of H-pyrrole nitrogens is 1. The van der Waals surface area contributed by atoms with E-state index in [0.717, 1.165) is 5.56 Å². The van der Waals surface area contributed by atoms with Crippen molar-refractivity contribution in [1.82, 2.24) is 20.4 Å². The highest BCUT2D eigenvalue weighted by Gasteiger charge is 2.28. The lowest BCUT2D eigenvalue weighted by atomic mass is 9.86. The molecule has 3 aromatic rings. The van der Waals surface area contributed by atoms with Crippen molar-refractivity contribution < 1.29 is 22.7 Å². The Morgan fingerprint density at radius 3 is 2.28 bits per heavy atom. The summed E-state index contributed by atoms with van der Waals surface area (Å²) in [6.45, 7) is 4.99. The van der Waals surface area contributed by atoms with Crippen molar-refractivity contribution in [2.24, 2.45) is 0 Å². The van der Waals surface area contributed by atoms with Crippen molar-refractivity contribution in [2.75, 3.05) is 6.61 Å². The molecule has 0 saturated heterocycles. The van der Waals surface area contributed by atoms with Crippen LogP contribution in [-0.2, 0) is 16.6 Å². The third-order valence-corrected chi connectivity index (χ3v) is 4.96. The normalized spacial score (nSPS) is 13.1. The fraction of sp³-hybridized carbons (Fsp3) is 0.391. The molecule has 0 unspecified atom stereocenters. The second kappa shape index (κ2) is 9.50. The van der Waals surface area contributed by atoms with Gasteiger partial charge in [0.1, 0.15) is 11.5 Å². The van der Waals surface area contributed by atoms with Crippen molar-refractivity contribution in [1.29, 1.82) is 0 Å². The van der Waals surface area contributed by atoms with Crippen molar-refractivity contribution in [3.63, 3.8) is 0 Å². The standard InChI is InChI=1S/C23H25F3N4O2/c1-22(2,3)16-6-4-15(5-7-16)10-17(31)11-19(21-13-28-30-29-21)20-9-8-18(12-27-20)32-14-23(24,25)26/h4-9,12-13,19H,10-11,14H2,1-3H3,(H,28,29,30)/t19-/m0/s1. The fourth-order valence-corrected chi connectivity index (χ4v) is 3.24. The molecule has 6 nitrogen and oxygen atoms in total. The van der Waals surface area contributed by atoms with E-state index < -0.39 is 18.7 Å². The molecule has 3 rings (SSSR count). The summed E-state index contributed by atoms with van der Waals surface area (Å²) in [4.78, 5) is 17.0. The van der Waals surface area contributed by atoms with Gasteiger partial charge in [0, 0.05) is 12.8 Å². The van der Waals surface area contributed by atoms with Crippen LogP contribution in [0, 0.1) is 0 Å². The largest absolute Gasteiger partial charge is 0.483 e. The van der Waals surface area contributed by atoms with Crippen LogP contribution in [0.15, 0.2) is 48.8 Å². The predicted octanol–water partition coefficient (Wildman–Crippen LogP) is 4.77. The monoisotopic (exact) mass is 446 g/mol. The van der Waals surface area contributed by atoms with Crippen molar-refractivity contribution in [3.8, 4) is 5.75 Å². The Morgan fingerprint density at radius 2 is 1.75 bits per heavy atom. The summed E-state index contributed by atoms with van der Waals surface area (Å²) in [7, 11) is 0. The topological polar surface area (TPSA) is 80.8 Å². The van der Waals surface area contributed by atoms with Crippen LogP contribution in [0.4, 0.5) is 13.2 Å². The number of ether oxygens (including phenoxy) is 1. The van der Waals surface area contributed by atoms with Crippen LogP contribution < -0.4 is 4.74 Å². The zero-order valence-electron chi connectivity index (χ0n) is 18.1. The maximum absolute atomic E-state index is 12.8. The van der Waals surface area contributed by atoms with Gasteiger partial charge in [-0.15, -0.1) is 0 Å². The molecule has 0 spiro atoms. The number of nitrogens with zero attached hydrogens (tertiary/aromatic N) is 3. The number of halogens is 3. The van der Waals surface area contributed by atoms with Gasteiger partial charge in [-0.05, 0) is 28.7 Å². The number of pyridine rings is 1. The molecule has 2 aromatic heterocycles. The molecule has 0 aliphatic carbocycles. The van der Waals surface area contributed by atoms with E-state index in [4.69, 9.17) is 4.74 Å². The van der Waals surface area contributed by atoms with Crippen molar-refractivity contribution in [3.05, 3.63) is 71.3 Å². The summed E-state index contributed by atoms with van der Waals surface area (Å²) in [6.07, 6.45) is -1.33. The summed E-state index contributed by atoms with van der Waals surface area (Å²) in [5, 5.41) is 10.4. The number of alkyl halides is 3. The van der Waals surface area contributed by atoms with E-state index in [1.165, 1.54) is 30.1 Å². The smallest absolute Gasteiger partial charge is 0.422 e. The van der Waals surface area contributed by atoms with E-state index >= 15 is 0 Å². The molecule has 32 heavy (non-hydrogen) atoms. The lowest BCUT2D eigenvalue weighted by molar-refractivity contribution is -0.153. The second-order valence-electron chi connectivity index (χ2n) is 8.64. The van der Waals surface area contributed by atoms with Gasteiger partial charge in [0.05, 0.1) is 29.7 Å². The number of hydrogen-bond acceptors (Lipinski definition) is 5. The maximum atomic E-state index is 12.8. The highest BCUT2D eigenvalue weighted by Crippen LogP contribution is 2.28. The highest BCUT2D eigenvalue weighted by molar-refractivity contribution is 5.82. The molecule has 0 aliphatic rings. The Hall–Kier alpha value is -3.23. The predicted molar refractivity (Wildman–Crippen MR) is 112 cm³/mol. The molecule has 0 radical (unpaired) electrons. The molecule has 170 valence electrons. The van der Waals surface area contributed by atoms with Crippen molar-refractivity contribution >= 4 is 5.78 Å². The van der Waals surface area contributed by atoms with Gasteiger partial charge in [-0.2, -0.15) is 28.6 Å². The van der Waals surface area contributed by atoms with E-state index in [1.807, 2.05) is 24.3 Å². The zero-order valence-corrected chi connectivity index (χ0v) is 18.1. The Labute approximate surface area is 184 Å². The number of carbonyl (C=O) groups is 1. The Balaban J connectivity index is 1.71. The minimum atomic E-state index is -4.43. The molecule has 9 heteroatoms. The third-order valence-electron chi connectivity index (χ3n) is 4.96. The molecular formula is C23H25F3N4O2. The minimum absolute atomic E-state index is 0.00441. The van der Waals surface area contributed by atoms with Gasteiger partial charge < -0.3 is 4.74 Å². The Morgan fingerprint density at radius 1 is 1.03 bits per heavy atom. The fourth-order valence-electron chi connectivity index (χ4n) is 3.24. The first-order chi connectivity index (χ1) is 15.0. The van der Waals surface area contributed by atoms with Gasteiger partial charge >= 0.3 is 6.18 Å². The average Bonchev–Trinajstić information content (AvgIpc) is 3.25. The number of Topliss-reactive ketones (excluding diaryl/α,β-unsaturated/α-hetero) is 1. The van der Waals surface area contributed by atoms with Gasteiger partial charge in [0.15, 0.2) is 6.61 Å². The summed E-state index contributed by atoms with van der Waals surface area (Å²) in [5.41, 5.74) is 3.15. The quantitative estimate of drug-likeness (QED) is 0.539. The summed E-state index contributed by atoms with van der Waals surface area (Å²) in [6, 6.07) is 10.9. The minimum Gasteiger partial charge on any atom is -0.483 e. The molecule has 1 atom stereocenters. The lowest BCUT2D eigenvalue weighted by Gasteiger charge is -2.19. The van der Waals surface area contributed by atoms with E-state index in [9.17, 15) is 18.0 Å². The first-order valence-electron chi connectivity index (χ1n) is 10.1. The molecule has 1 N–H and O–H groups in total. The number of rotatable bonds is 8. The maximum Gasteiger partial charge on any atom is 0.422 e. The number of nitrogens with one attached hydrogen (secondary N) is 1. The molecule has 0 amide bonds. The summed E-state index contributed by atoms with van der Waals surface area (Å²) < 4.78 is 41.7. The Bertz CT molecular complexity index is 1010. The molecule has 1 aromatic carbocycles. The van der Waals surface area contributed by atoms with Crippen LogP contribution in [-0.4, -0.2) is 39.0 Å². The van der Waals surface area contributed by atoms with Crippen LogP contribution in [0.1, 0.15) is 55.6 Å². The SMILES string of the molecule is CC(C)(C)c1ccc(CC(=O)C[C@@H](c2ccc(OCC(F)(F)F)cn2)c2cn[nH]n2)cc1. The summed E-state index contributed by atoms with van der Waals surface area (Å²) >= 11 is 0. The van der Waals surface area contributed by atoms with Crippen molar-refractivity contribution in [2.45, 2.75) is 51.1 Å². The highest BCUT2D eigenvalue weighted by atomic mass is 19.4. The Kier molecular flexibility index (Phi) is 6.96. The van der Waals surface area contributed by atoms with Crippen LogP contribution in [0.25, 0.3) is 0 Å². The first kappa shape index (κ1) is 23.4. The van der Waals surface area contributed by atoms with E-state index in [0.29, 0.717) is 11.4 Å². The van der Waals surface area contributed by atoms with Crippen LogP contribution in [0.5, 0.6) is 5.75 Å². The number of ketones is 1. The van der Waals surface area contributed by atoms with E-state index in [1.54, 1.807) is 0 Å². The number of aromatic nitrogens is 4. The number of hydrogen-bond donors (Lipinski definition) is 1. The van der Waals surface area contributed by atoms with Gasteiger partial charge in [0.25, 0.3) is 0 Å². The van der Waals surface area contributed by atoms with Crippen LogP contribution in [0.3, 0.4) is 0 Å². The number of carbonyl (C=O) groups excluding carboxylic acids is 1.